The highest BCUT2D eigenvalue weighted by atomic mass is 79.9. The molecule has 1 N–H and O–H groups in total. The molecule has 0 radical (unpaired) electrons. The molecule has 0 aromatic heterocycles. The number of hydrogen-bond donors (Lipinski definition) is 1. The average molecular weight is 589 g/mol. The first-order valence-corrected chi connectivity index (χ1v) is 12.5. The van der Waals surface area contributed by atoms with Crippen molar-refractivity contribution in [2.24, 2.45) is 5.10 Å². The standard InChI is InChI=1S/C23H18BrClF3N3O3S/c1-15(16-7-10-18(24)11-8-16)29-30-22(32)14-31(35(33,34)19-5-3-2-4-6-19)21-13-17(23(26,27)28)9-12-20(21)25/h2-13H,14H2,1H3,(H,30,32)/b29-15+. The second-order valence-corrected chi connectivity index (χ2v) is 10.4. The lowest BCUT2D eigenvalue weighted by Crippen LogP contribution is -2.40. The zero-order chi connectivity index (χ0) is 25.8. The third kappa shape index (κ3) is 6.62. The Labute approximate surface area is 213 Å². The van der Waals surface area contributed by atoms with E-state index in [0.717, 1.165) is 16.6 Å². The van der Waals surface area contributed by atoms with Crippen molar-refractivity contribution in [2.75, 3.05) is 10.8 Å². The van der Waals surface area contributed by atoms with Crippen molar-refractivity contribution in [3.8, 4) is 0 Å². The van der Waals surface area contributed by atoms with Crippen molar-refractivity contribution in [1.82, 2.24) is 5.43 Å². The Bertz CT molecular complexity index is 1350. The third-order valence-corrected chi connectivity index (χ3v) is 7.39. The molecule has 184 valence electrons. The number of rotatable bonds is 7. The summed E-state index contributed by atoms with van der Waals surface area (Å²) in [5, 5.41) is 3.69. The number of hydrazone groups is 1. The van der Waals surface area contributed by atoms with Crippen molar-refractivity contribution < 1.29 is 26.4 Å². The van der Waals surface area contributed by atoms with Crippen LogP contribution in [0.2, 0.25) is 5.02 Å². The summed E-state index contributed by atoms with van der Waals surface area (Å²) in [6.07, 6.45) is -4.75. The minimum absolute atomic E-state index is 0.226. The summed E-state index contributed by atoms with van der Waals surface area (Å²) in [4.78, 5) is 12.5. The van der Waals surface area contributed by atoms with Crippen LogP contribution in [0.5, 0.6) is 0 Å². The van der Waals surface area contributed by atoms with E-state index in [2.05, 4.69) is 26.5 Å². The predicted octanol–water partition coefficient (Wildman–Crippen LogP) is 5.86. The van der Waals surface area contributed by atoms with E-state index in [-0.39, 0.29) is 9.92 Å². The lowest BCUT2D eigenvalue weighted by Gasteiger charge is -2.25. The maximum absolute atomic E-state index is 13.3. The second kappa shape index (κ2) is 10.8. The van der Waals surface area contributed by atoms with E-state index in [1.165, 1.54) is 24.3 Å². The van der Waals surface area contributed by atoms with Gasteiger partial charge in [-0.15, -0.1) is 0 Å². The van der Waals surface area contributed by atoms with E-state index in [0.29, 0.717) is 21.6 Å². The van der Waals surface area contributed by atoms with Crippen LogP contribution in [0.4, 0.5) is 18.9 Å². The highest BCUT2D eigenvalue weighted by molar-refractivity contribution is 9.10. The molecule has 3 rings (SSSR count). The van der Waals surface area contributed by atoms with E-state index in [1.54, 1.807) is 37.3 Å². The molecule has 0 bridgehead atoms. The number of benzene rings is 3. The lowest BCUT2D eigenvalue weighted by molar-refractivity contribution is -0.137. The number of amides is 1. The fourth-order valence-corrected chi connectivity index (χ4v) is 4.95. The number of anilines is 1. The van der Waals surface area contributed by atoms with Crippen LogP contribution in [0.1, 0.15) is 18.1 Å². The van der Waals surface area contributed by atoms with Gasteiger partial charge in [-0.05, 0) is 55.0 Å². The first kappa shape index (κ1) is 26.7. The van der Waals surface area contributed by atoms with Crippen molar-refractivity contribution in [3.63, 3.8) is 0 Å². The molecule has 0 aliphatic heterocycles. The molecule has 0 atom stereocenters. The molecule has 3 aromatic rings. The van der Waals surface area contributed by atoms with Crippen LogP contribution in [-0.4, -0.2) is 26.6 Å². The maximum atomic E-state index is 13.3. The molecule has 1 amide bonds. The fourth-order valence-electron chi connectivity index (χ4n) is 2.97. The monoisotopic (exact) mass is 587 g/mol. The van der Waals surface area contributed by atoms with Gasteiger partial charge in [0.15, 0.2) is 0 Å². The summed E-state index contributed by atoms with van der Waals surface area (Å²) in [6, 6.07) is 16.3. The molecule has 0 saturated carbocycles. The molecule has 3 aromatic carbocycles. The van der Waals surface area contributed by atoms with Gasteiger partial charge in [-0.25, -0.2) is 13.8 Å². The van der Waals surface area contributed by atoms with Gasteiger partial charge in [-0.3, -0.25) is 9.10 Å². The molecule has 0 unspecified atom stereocenters. The number of halogens is 5. The molecular weight excluding hydrogens is 571 g/mol. The SMILES string of the molecule is C/C(=N\NC(=O)CN(c1cc(C(F)(F)F)ccc1Cl)S(=O)(=O)c1ccccc1)c1ccc(Br)cc1. The highest BCUT2D eigenvalue weighted by Gasteiger charge is 2.34. The Balaban J connectivity index is 1.98. The van der Waals surface area contributed by atoms with Gasteiger partial charge in [-0.1, -0.05) is 57.9 Å². The van der Waals surface area contributed by atoms with Gasteiger partial charge in [0, 0.05) is 4.47 Å². The highest BCUT2D eigenvalue weighted by Crippen LogP contribution is 2.37. The molecule has 12 heteroatoms. The first-order chi connectivity index (χ1) is 16.4. The van der Waals surface area contributed by atoms with Gasteiger partial charge < -0.3 is 0 Å². The molecule has 35 heavy (non-hydrogen) atoms. The number of nitrogens with one attached hydrogen (secondary N) is 1. The molecule has 0 fully saturated rings. The third-order valence-electron chi connectivity index (χ3n) is 4.77. The van der Waals surface area contributed by atoms with Gasteiger partial charge in [0.1, 0.15) is 6.54 Å². The summed E-state index contributed by atoms with van der Waals surface area (Å²) < 4.78 is 68.0. The first-order valence-electron chi connectivity index (χ1n) is 9.93. The molecule has 0 aliphatic rings. The second-order valence-electron chi connectivity index (χ2n) is 7.23. The quantitative estimate of drug-likeness (QED) is 0.278. The van der Waals surface area contributed by atoms with Gasteiger partial charge in [0.05, 0.1) is 26.9 Å². The topological polar surface area (TPSA) is 78.8 Å². The molecule has 0 aliphatic carbocycles. The smallest absolute Gasteiger partial charge is 0.271 e. The van der Waals surface area contributed by atoms with Crippen molar-refractivity contribution >= 4 is 54.9 Å². The van der Waals surface area contributed by atoms with Crippen LogP contribution in [0.25, 0.3) is 0 Å². The van der Waals surface area contributed by atoms with Gasteiger partial charge >= 0.3 is 6.18 Å². The molecule has 0 spiro atoms. The van der Waals surface area contributed by atoms with Crippen LogP contribution in [0.15, 0.2) is 87.3 Å². The molecule has 0 heterocycles. The maximum Gasteiger partial charge on any atom is 0.416 e. The average Bonchev–Trinajstić information content (AvgIpc) is 2.81. The normalized spacial score (nSPS) is 12.3. The van der Waals surface area contributed by atoms with E-state index < -0.39 is 39.9 Å². The van der Waals surface area contributed by atoms with Crippen LogP contribution in [0, 0.1) is 0 Å². The largest absolute Gasteiger partial charge is 0.416 e. The molecular formula is C23H18BrClF3N3O3S. The summed E-state index contributed by atoms with van der Waals surface area (Å²) >= 11 is 9.42. The van der Waals surface area contributed by atoms with Crippen molar-refractivity contribution in [2.45, 2.75) is 18.0 Å². The van der Waals surface area contributed by atoms with Gasteiger partial charge in [0.2, 0.25) is 0 Å². The number of carbonyl (C=O) groups excluding carboxylic acids is 1. The summed E-state index contributed by atoms with van der Waals surface area (Å²) in [6.45, 7) is 0.765. The number of carbonyl (C=O) groups is 1. The fraction of sp³-hybridized carbons (Fsp3) is 0.130. The summed E-state index contributed by atoms with van der Waals surface area (Å²) in [7, 11) is -4.46. The Hall–Kier alpha value is -2.89. The van der Waals surface area contributed by atoms with Crippen molar-refractivity contribution in [3.05, 3.63) is 93.4 Å². The Morgan fingerprint density at radius 3 is 2.29 bits per heavy atom. The zero-order valence-electron chi connectivity index (χ0n) is 18.1. The van der Waals surface area contributed by atoms with E-state index in [1.807, 2.05) is 0 Å². The summed E-state index contributed by atoms with van der Waals surface area (Å²) in [5.74, 6) is -0.880. The minimum Gasteiger partial charge on any atom is -0.271 e. The van der Waals surface area contributed by atoms with E-state index in [4.69, 9.17) is 11.6 Å². The minimum atomic E-state index is -4.75. The van der Waals surface area contributed by atoms with Crippen LogP contribution in [0.3, 0.4) is 0 Å². The van der Waals surface area contributed by atoms with E-state index >= 15 is 0 Å². The van der Waals surface area contributed by atoms with Crippen LogP contribution >= 0.6 is 27.5 Å². The Morgan fingerprint density at radius 2 is 1.69 bits per heavy atom. The van der Waals surface area contributed by atoms with Crippen LogP contribution < -0.4 is 9.73 Å². The predicted molar refractivity (Wildman–Crippen MR) is 132 cm³/mol. The zero-order valence-corrected chi connectivity index (χ0v) is 21.2. The number of nitrogens with zero attached hydrogens (tertiary/aromatic N) is 2. The number of sulfonamides is 1. The Kier molecular flexibility index (Phi) is 8.24. The molecule has 6 nitrogen and oxygen atoms in total. The van der Waals surface area contributed by atoms with Gasteiger partial charge in [-0.2, -0.15) is 18.3 Å². The molecule has 0 saturated heterocycles. The Morgan fingerprint density at radius 1 is 1.06 bits per heavy atom. The van der Waals surface area contributed by atoms with Crippen molar-refractivity contribution in [1.29, 1.82) is 0 Å². The lowest BCUT2D eigenvalue weighted by atomic mass is 10.1. The number of hydrogen-bond acceptors (Lipinski definition) is 4. The van der Waals surface area contributed by atoms with E-state index in [9.17, 15) is 26.4 Å². The number of alkyl halides is 3. The van der Waals surface area contributed by atoms with Crippen LogP contribution in [-0.2, 0) is 21.0 Å². The van der Waals surface area contributed by atoms with Gasteiger partial charge in [0.25, 0.3) is 15.9 Å². The summed E-state index contributed by atoms with van der Waals surface area (Å²) in [5.41, 5.74) is 1.77.